The first-order valence-corrected chi connectivity index (χ1v) is 12.1. The number of allylic oxidation sites excluding steroid dienone is 1. The van der Waals surface area contributed by atoms with Crippen LogP contribution in [0.15, 0.2) is 29.8 Å². The number of nitrogens with zero attached hydrogens (tertiary/aromatic N) is 1. The lowest BCUT2D eigenvalue weighted by Gasteiger charge is -2.37. The van der Waals surface area contributed by atoms with E-state index in [-0.39, 0.29) is 24.7 Å². The molecule has 1 aliphatic carbocycles. The van der Waals surface area contributed by atoms with E-state index in [2.05, 4.69) is 62.3 Å². The van der Waals surface area contributed by atoms with Crippen molar-refractivity contribution in [3.05, 3.63) is 41.2 Å². The number of aliphatic carboxylic acids is 1. The number of aryl methyl sites for hydroxylation is 1. The van der Waals surface area contributed by atoms with E-state index >= 15 is 0 Å². The molecule has 0 bridgehead atoms. The second-order valence-corrected chi connectivity index (χ2v) is 11.0. The third-order valence-electron chi connectivity index (χ3n) is 7.09. The number of rotatable bonds is 9. The number of para-hydroxylation sites is 1. The Bertz CT molecular complexity index is 1030. The molecule has 0 unspecified atom stereocenters. The summed E-state index contributed by atoms with van der Waals surface area (Å²) in [5.74, 6) is 1.77. The van der Waals surface area contributed by atoms with Gasteiger partial charge in [-0.25, -0.2) is 4.98 Å². The molecule has 0 saturated carbocycles. The third-order valence-corrected chi connectivity index (χ3v) is 7.09. The highest BCUT2D eigenvalue weighted by Gasteiger charge is 2.33. The lowest BCUT2D eigenvalue weighted by Crippen LogP contribution is -2.38. The lowest BCUT2D eigenvalue weighted by molar-refractivity contribution is -0.139. The van der Waals surface area contributed by atoms with Crippen molar-refractivity contribution in [1.29, 1.82) is 0 Å². The molecule has 0 spiro atoms. The summed E-state index contributed by atoms with van der Waals surface area (Å²) >= 11 is 0. The first-order chi connectivity index (χ1) is 15.4. The lowest BCUT2D eigenvalue weighted by atomic mass is 9.69. The summed E-state index contributed by atoms with van der Waals surface area (Å²) in [5, 5.41) is 12.1. The summed E-state index contributed by atoms with van der Waals surface area (Å²) in [4.78, 5) is 31.9. The summed E-state index contributed by atoms with van der Waals surface area (Å²) in [6, 6.07) is 6.23. The van der Waals surface area contributed by atoms with Crippen LogP contribution in [0.5, 0.6) is 0 Å². The van der Waals surface area contributed by atoms with Gasteiger partial charge in [-0.15, -0.1) is 0 Å². The Morgan fingerprint density at radius 2 is 1.97 bits per heavy atom. The number of aromatic amines is 1. The van der Waals surface area contributed by atoms with Crippen molar-refractivity contribution in [3.63, 3.8) is 0 Å². The van der Waals surface area contributed by atoms with Crippen molar-refractivity contribution in [2.75, 3.05) is 6.54 Å². The molecule has 6 nitrogen and oxygen atoms in total. The van der Waals surface area contributed by atoms with Crippen LogP contribution in [0.25, 0.3) is 11.0 Å². The molecular formula is C27H39N3O3. The molecule has 1 heterocycles. The van der Waals surface area contributed by atoms with Crippen LogP contribution in [0.3, 0.4) is 0 Å². The maximum Gasteiger partial charge on any atom is 0.303 e. The van der Waals surface area contributed by atoms with Crippen LogP contribution in [0.1, 0.15) is 65.3 Å². The molecular weight excluding hydrogens is 414 g/mol. The van der Waals surface area contributed by atoms with E-state index in [0.717, 1.165) is 29.7 Å². The van der Waals surface area contributed by atoms with Gasteiger partial charge in [0.15, 0.2) is 0 Å². The number of carboxylic acid groups (broad SMARTS) is 1. The second kappa shape index (κ2) is 10.1. The van der Waals surface area contributed by atoms with Gasteiger partial charge in [-0.1, -0.05) is 51.5 Å². The minimum absolute atomic E-state index is 0.0134. The second-order valence-electron chi connectivity index (χ2n) is 11.0. The predicted octanol–water partition coefficient (Wildman–Crippen LogP) is 5.28. The van der Waals surface area contributed by atoms with E-state index < -0.39 is 11.4 Å². The Hall–Kier alpha value is -2.63. The van der Waals surface area contributed by atoms with Gasteiger partial charge in [0.1, 0.15) is 5.82 Å². The number of carbonyl (C=O) groups is 2. The van der Waals surface area contributed by atoms with E-state index in [9.17, 15) is 9.59 Å². The Morgan fingerprint density at radius 3 is 2.61 bits per heavy atom. The number of amides is 1. The Kier molecular flexibility index (Phi) is 7.65. The zero-order chi connectivity index (χ0) is 24.3. The van der Waals surface area contributed by atoms with Gasteiger partial charge in [0.05, 0.1) is 17.5 Å². The van der Waals surface area contributed by atoms with E-state index in [1.807, 2.05) is 13.8 Å². The number of hydrogen-bond donors (Lipinski definition) is 3. The molecule has 33 heavy (non-hydrogen) atoms. The molecule has 2 aromatic rings. The minimum Gasteiger partial charge on any atom is -0.481 e. The van der Waals surface area contributed by atoms with Gasteiger partial charge in [0.2, 0.25) is 5.91 Å². The fourth-order valence-corrected chi connectivity index (χ4v) is 5.27. The number of fused-ring (bicyclic) bond motifs is 1. The Morgan fingerprint density at radius 1 is 1.24 bits per heavy atom. The van der Waals surface area contributed by atoms with Crippen molar-refractivity contribution < 1.29 is 14.7 Å². The van der Waals surface area contributed by atoms with Crippen LogP contribution in [0.2, 0.25) is 0 Å². The quantitative estimate of drug-likeness (QED) is 0.450. The molecule has 0 fully saturated rings. The number of nitrogens with one attached hydrogen (secondary N) is 2. The summed E-state index contributed by atoms with van der Waals surface area (Å²) in [7, 11) is 0. The maximum absolute atomic E-state index is 12.5. The Balaban J connectivity index is 1.67. The zero-order valence-electron chi connectivity index (χ0n) is 20.9. The molecule has 0 radical (unpaired) electrons. The van der Waals surface area contributed by atoms with Crippen LogP contribution in [-0.4, -0.2) is 33.5 Å². The fraction of sp³-hybridized carbons (Fsp3) is 0.593. The molecule has 3 atom stereocenters. The summed E-state index contributed by atoms with van der Waals surface area (Å²) in [6.45, 7) is 13.0. The molecule has 6 heteroatoms. The van der Waals surface area contributed by atoms with Gasteiger partial charge in [0, 0.05) is 19.4 Å². The highest BCUT2D eigenvalue weighted by atomic mass is 16.4. The largest absolute Gasteiger partial charge is 0.481 e. The van der Waals surface area contributed by atoms with Crippen molar-refractivity contribution in [2.24, 2.45) is 29.1 Å². The smallest absolute Gasteiger partial charge is 0.303 e. The number of H-pyrrole nitrogens is 1. The first kappa shape index (κ1) is 25.0. The normalized spacial score (nSPS) is 21.3. The molecule has 1 aromatic carbocycles. The SMILES string of the molecule is CC1=C[C@@H](CNC(=O)CC(C)(C)CC(=O)O)[C@H](C(C)C)C[C@H]1Cc1nc2c(C)cccc2[nH]1. The first-order valence-electron chi connectivity index (χ1n) is 12.1. The van der Waals surface area contributed by atoms with Crippen molar-refractivity contribution in [2.45, 2.75) is 67.2 Å². The average Bonchev–Trinajstić information content (AvgIpc) is 3.10. The standard InChI is InChI=1S/C27H39N3O3/c1-16(2)21-11-19(12-23-29-22-9-7-8-17(3)26(22)30-23)18(4)10-20(21)15-28-24(31)13-27(5,6)14-25(32)33/h7-10,16,19-21H,11-15H2,1-6H3,(H,28,31)(H,29,30)(H,32,33)/t19-,20-,21-/m0/s1. The number of hydrogen-bond acceptors (Lipinski definition) is 3. The summed E-state index contributed by atoms with van der Waals surface area (Å²) in [6.07, 6.45) is 4.51. The van der Waals surface area contributed by atoms with Crippen molar-refractivity contribution in [3.8, 4) is 0 Å². The molecule has 1 aromatic heterocycles. The van der Waals surface area contributed by atoms with Gasteiger partial charge in [-0.3, -0.25) is 9.59 Å². The molecule has 0 aliphatic heterocycles. The number of carboxylic acids is 1. The third kappa shape index (κ3) is 6.46. The monoisotopic (exact) mass is 453 g/mol. The number of aromatic nitrogens is 2. The van der Waals surface area contributed by atoms with Gasteiger partial charge < -0.3 is 15.4 Å². The van der Waals surface area contributed by atoms with Gasteiger partial charge in [-0.2, -0.15) is 0 Å². The predicted molar refractivity (Wildman–Crippen MR) is 132 cm³/mol. The van der Waals surface area contributed by atoms with E-state index in [4.69, 9.17) is 10.1 Å². The van der Waals surface area contributed by atoms with Gasteiger partial charge in [-0.05, 0) is 61.0 Å². The van der Waals surface area contributed by atoms with Gasteiger partial charge in [0.25, 0.3) is 0 Å². The van der Waals surface area contributed by atoms with E-state index in [1.165, 1.54) is 11.1 Å². The van der Waals surface area contributed by atoms with Crippen LogP contribution >= 0.6 is 0 Å². The van der Waals surface area contributed by atoms with Crippen molar-refractivity contribution in [1.82, 2.24) is 15.3 Å². The topological polar surface area (TPSA) is 95.1 Å². The molecule has 3 rings (SSSR count). The number of benzene rings is 1. The number of carbonyl (C=O) groups excluding carboxylic acids is 1. The highest BCUT2D eigenvalue weighted by Crippen LogP contribution is 2.38. The van der Waals surface area contributed by atoms with Gasteiger partial charge >= 0.3 is 5.97 Å². The zero-order valence-corrected chi connectivity index (χ0v) is 20.9. The van der Waals surface area contributed by atoms with Crippen LogP contribution in [0, 0.1) is 36.0 Å². The maximum atomic E-state index is 12.5. The Labute approximate surface area is 197 Å². The number of imidazole rings is 1. The molecule has 1 aliphatic rings. The fourth-order valence-electron chi connectivity index (χ4n) is 5.27. The van der Waals surface area contributed by atoms with Crippen molar-refractivity contribution >= 4 is 22.9 Å². The minimum atomic E-state index is -0.871. The van der Waals surface area contributed by atoms with Crippen LogP contribution < -0.4 is 5.32 Å². The van der Waals surface area contributed by atoms with E-state index in [0.29, 0.717) is 24.3 Å². The van der Waals surface area contributed by atoms with Crippen LogP contribution in [-0.2, 0) is 16.0 Å². The molecule has 1 amide bonds. The average molecular weight is 454 g/mol. The molecule has 3 N–H and O–H groups in total. The van der Waals surface area contributed by atoms with Crippen LogP contribution in [0.4, 0.5) is 0 Å². The highest BCUT2D eigenvalue weighted by molar-refractivity contribution is 5.78. The summed E-state index contributed by atoms with van der Waals surface area (Å²) in [5.41, 5.74) is 4.13. The molecule has 0 saturated heterocycles. The molecule has 180 valence electrons. The summed E-state index contributed by atoms with van der Waals surface area (Å²) < 4.78 is 0. The van der Waals surface area contributed by atoms with E-state index in [1.54, 1.807) is 0 Å².